The summed E-state index contributed by atoms with van der Waals surface area (Å²) < 4.78 is 22.4. The van der Waals surface area contributed by atoms with E-state index in [1.165, 1.54) is 5.06 Å². The third kappa shape index (κ3) is 6.75. The number of rotatable bonds is 14. The first kappa shape index (κ1) is 28.5. The fourth-order valence-electron chi connectivity index (χ4n) is 5.28. The molecule has 0 saturated carbocycles. The Labute approximate surface area is 229 Å². The minimum atomic E-state index is -0.914. The zero-order valence-electron chi connectivity index (χ0n) is 22.8. The summed E-state index contributed by atoms with van der Waals surface area (Å²) in [5.74, 6) is 0.228. The topological polar surface area (TPSA) is 107 Å². The largest absolute Gasteiger partial charge is 0.493 e. The molecular formula is C29H38N2O8. The van der Waals surface area contributed by atoms with Gasteiger partial charge in [0.1, 0.15) is 0 Å². The molecule has 1 fully saturated rings. The lowest BCUT2D eigenvalue weighted by Gasteiger charge is -2.29. The molecule has 0 radical (unpaired) electrons. The predicted molar refractivity (Wildman–Crippen MR) is 143 cm³/mol. The molecule has 1 unspecified atom stereocenters. The number of hydrogen-bond acceptors (Lipinski definition) is 8. The molecule has 10 heteroatoms. The van der Waals surface area contributed by atoms with Crippen LogP contribution in [0.15, 0.2) is 42.5 Å². The van der Waals surface area contributed by atoms with E-state index in [-0.39, 0.29) is 31.8 Å². The number of carbonyl (C=O) groups excluding carboxylic acids is 1. The molecule has 1 N–H and O–H groups in total. The summed E-state index contributed by atoms with van der Waals surface area (Å²) in [6.45, 7) is 5.74. The molecule has 0 bridgehead atoms. The number of methoxy groups -OCH3 is 1. The van der Waals surface area contributed by atoms with Crippen LogP contribution in [0, 0.1) is 5.92 Å². The van der Waals surface area contributed by atoms with Gasteiger partial charge in [0.05, 0.1) is 32.8 Å². The second-order valence-corrected chi connectivity index (χ2v) is 9.70. The summed E-state index contributed by atoms with van der Waals surface area (Å²) >= 11 is 0. The second kappa shape index (κ2) is 13.5. The number of hydrogen-bond donors (Lipinski definition) is 1. The quantitative estimate of drug-likeness (QED) is 0.355. The maximum absolute atomic E-state index is 13.3. The van der Waals surface area contributed by atoms with Gasteiger partial charge in [-0.15, -0.1) is 0 Å². The van der Waals surface area contributed by atoms with Crippen LogP contribution in [-0.2, 0) is 14.4 Å². The van der Waals surface area contributed by atoms with E-state index < -0.39 is 17.9 Å². The molecule has 0 spiro atoms. The number of ether oxygens (including phenoxy) is 4. The third-order valence-corrected chi connectivity index (χ3v) is 7.09. The standard InChI is InChI=1S/C29H38N2O8/c1-4-13-31(39-14-5-2)27(32)18-30-17-21(20-10-11-25-26(16-20)38-19-37-25)28(29(33)34)22(30)12-15-36-24-9-7-6-8-23(24)35-3/h6-11,16,21-22,28H,4-5,12-15,17-19H2,1-3H3,(H,33,34)/t21-,22+,28?/m1/s1. The van der Waals surface area contributed by atoms with Gasteiger partial charge >= 0.3 is 5.97 Å². The Kier molecular flexibility index (Phi) is 9.89. The van der Waals surface area contributed by atoms with Gasteiger partial charge < -0.3 is 24.1 Å². The zero-order valence-corrected chi connectivity index (χ0v) is 22.8. The summed E-state index contributed by atoms with van der Waals surface area (Å²) in [5.41, 5.74) is 0.838. The number of fused-ring (bicyclic) bond motifs is 1. The van der Waals surface area contributed by atoms with Crippen molar-refractivity contribution in [3.63, 3.8) is 0 Å². The minimum absolute atomic E-state index is 0.0495. The summed E-state index contributed by atoms with van der Waals surface area (Å²) in [6.07, 6.45) is 1.95. The maximum Gasteiger partial charge on any atom is 0.308 e. The summed E-state index contributed by atoms with van der Waals surface area (Å²) in [4.78, 5) is 33.7. The van der Waals surface area contributed by atoms with Crippen molar-refractivity contribution in [1.29, 1.82) is 0 Å². The van der Waals surface area contributed by atoms with Crippen molar-refractivity contribution < 1.29 is 38.5 Å². The summed E-state index contributed by atoms with van der Waals surface area (Å²) in [5, 5.41) is 11.8. The van der Waals surface area contributed by atoms with Crippen LogP contribution in [0.1, 0.15) is 44.6 Å². The molecular weight excluding hydrogens is 504 g/mol. The molecule has 1 amide bonds. The number of benzene rings is 2. The van der Waals surface area contributed by atoms with Gasteiger partial charge in [-0.1, -0.05) is 32.0 Å². The van der Waals surface area contributed by atoms with Crippen LogP contribution in [0.4, 0.5) is 0 Å². The van der Waals surface area contributed by atoms with E-state index in [1.807, 2.05) is 61.2 Å². The molecule has 212 valence electrons. The molecule has 0 aliphatic carbocycles. The van der Waals surface area contributed by atoms with Gasteiger partial charge in [-0.05, 0) is 49.1 Å². The number of amides is 1. The maximum atomic E-state index is 13.3. The van der Waals surface area contributed by atoms with E-state index in [9.17, 15) is 14.7 Å². The highest BCUT2D eigenvalue weighted by Gasteiger charge is 2.47. The van der Waals surface area contributed by atoms with Crippen LogP contribution in [-0.4, -0.2) is 79.7 Å². The molecule has 2 aliphatic rings. The number of carbonyl (C=O) groups is 2. The van der Waals surface area contributed by atoms with E-state index in [2.05, 4.69) is 0 Å². The molecule has 4 rings (SSSR count). The molecule has 2 heterocycles. The molecule has 2 aliphatic heterocycles. The van der Waals surface area contributed by atoms with E-state index in [4.69, 9.17) is 23.8 Å². The SMILES string of the molecule is CCCON(CCC)C(=O)CN1C[C@H](c2ccc3c(c2)OCO3)C(C(=O)O)[C@@H]1CCOc1ccccc1OC. The monoisotopic (exact) mass is 542 g/mol. The molecule has 2 aromatic carbocycles. The van der Waals surface area contributed by atoms with Crippen LogP contribution < -0.4 is 18.9 Å². The Hall–Kier alpha value is -3.50. The normalized spacial score (nSPS) is 20.1. The van der Waals surface area contributed by atoms with Crippen molar-refractivity contribution >= 4 is 11.9 Å². The van der Waals surface area contributed by atoms with Gasteiger partial charge in [-0.3, -0.25) is 19.3 Å². The van der Waals surface area contributed by atoms with E-state index in [1.54, 1.807) is 7.11 Å². The average molecular weight is 543 g/mol. The number of carboxylic acids is 1. The number of hydroxylamine groups is 2. The summed E-state index contributed by atoms with van der Waals surface area (Å²) in [6, 6.07) is 12.4. The number of nitrogens with zero attached hydrogens (tertiary/aromatic N) is 2. The molecule has 0 aromatic heterocycles. The van der Waals surface area contributed by atoms with E-state index in [0.29, 0.717) is 49.1 Å². The first-order valence-corrected chi connectivity index (χ1v) is 13.5. The summed E-state index contributed by atoms with van der Waals surface area (Å²) in [7, 11) is 1.58. The highest BCUT2D eigenvalue weighted by atomic mass is 16.7. The van der Waals surface area contributed by atoms with Crippen LogP contribution in [0.3, 0.4) is 0 Å². The van der Waals surface area contributed by atoms with Crippen LogP contribution in [0.5, 0.6) is 23.0 Å². The van der Waals surface area contributed by atoms with Crippen molar-refractivity contribution in [2.24, 2.45) is 5.92 Å². The molecule has 39 heavy (non-hydrogen) atoms. The number of aliphatic carboxylic acids is 1. The zero-order chi connectivity index (χ0) is 27.8. The fourth-order valence-corrected chi connectivity index (χ4v) is 5.28. The van der Waals surface area contributed by atoms with Crippen molar-refractivity contribution in [3.05, 3.63) is 48.0 Å². The Morgan fingerprint density at radius 1 is 1.05 bits per heavy atom. The van der Waals surface area contributed by atoms with E-state index >= 15 is 0 Å². The highest BCUT2D eigenvalue weighted by molar-refractivity contribution is 5.78. The van der Waals surface area contributed by atoms with Gasteiger partial charge in [0.15, 0.2) is 23.0 Å². The molecule has 10 nitrogen and oxygen atoms in total. The minimum Gasteiger partial charge on any atom is -0.493 e. The Morgan fingerprint density at radius 2 is 1.82 bits per heavy atom. The number of carboxylic acid groups (broad SMARTS) is 1. The Balaban J connectivity index is 1.57. The van der Waals surface area contributed by atoms with Crippen molar-refractivity contribution in [3.8, 4) is 23.0 Å². The molecule has 2 aromatic rings. The first-order valence-electron chi connectivity index (χ1n) is 13.5. The van der Waals surface area contributed by atoms with Gasteiger partial charge in [0.2, 0.25) is 6.79 Å². The van der Waals surface area contributed by atoms with Crippen molar-refractivity contribution in [2.45, 2.75) is 45.1 Å². The van der Waals surface area contributed by atoms with Gasteiger partial charge in [-0.25, -0.2) is 5.06 Å². The molecule has 1 saturated heterocycles. The Bertz CT molecular complexity index is 1130. The smallest absolute Gasteiger partial charge is 0.308 e. The second-order valence-electron chi connectivity index (χ2n) is 9.70. The highest BCUT2D eigenvalue weighted by Crippen LogP contribution is 2.43. The van der Waals surface area contributed by atoms with Crippen LogP contribution in [0.25, 0.3) is 0 Å². The lowest BCUT2D eigenvalue weighted by atomic mass is 9.84. The predicted octanol–water partition coefficient (Wildman–Crippen LogP) is 3.94. The fraction of sp³-hybridized carbons (Fsp3) is 0.517. The third-order valence-electron chi connectivity index (χ3n) is 7.09. The van der Waals surface area contributed by atoms with Crippen LogP contribution >= 0.6 is 0 Å². The molecule has 3 atom stereocenters. The number of likely N-dealkylation sites (tertiary alicyclic amines) is 1. The lowest BCUT2D eigenvalue weighted by molar-refractivity contribution is -0.188. The number of para-hydroxylation sites is 2. The van der Waals surface area contributed by atoms with Gasteiger partial charge in [-0.2, -0.15) is 0 Å². The van der Waals surface area contributed by atoms with Gasteiger partial charge in [0, 0.05) is 25.0 Å². The Morgan fingerprint density at radius 3 is 2.54 bits per heavy atom. The van der Waals surface area contributed by atoms with Gasteiger partial charge in [0.25, 0.3) is 5.91 Å². The van der Waals surface area contributed by atoms with E-state index in [0.717, 1.165) is 18.4 Å². The van der Waals surface area contributed by atoms with Crippen LogP contribution in [0.2, 0.25) is 0 Å². The van der Waals surface area contributed by atoms with Crippen molar-refractivity contribution in [1.82, 2.24) is 9.96 Å². The first-order chi connectivity index (χ1) is 19.0. The average Bonchev–Trinajstić information content (AvgIpc) is 3.55. The lowest BCUT2D eigenvalue weighted by Crippen LogP contribution is -2.45. The van der Waals surface area contributed by atoms with Crippen molar-refractivity contribution in [2.75, 3.05) is 46.8 Å².